The van der Waals surface area contributed by atoms with Crippen LogP contribution in [0.1, 0.15) is 58.3 Å². The van der Waals surface area contributed by atoms with Gasteiger partial charge in [0.2, 0.25) is 11.8 Å². The molecule has 3 atom stereocenters. The third-order valence-electron chi connectivity index (χ3n) is 8.98. The van der Waals surface area contributed by atoms with E-state index in [4.69, 9.17) is 4.74 Å². The van der Waals surface area contributed by atoms with Crippen LogP contribution in [0, 0.1) is 29.1 Å². The van der Waals surface area contributed by atoms with Crippen molar-refractivity contribution in [2.45, 2.75) is 64.3 Å². The number of hydrogen-bond acceptors (Lipinski definition) is 4. The number of amides is 2. The van der Waals surface area contributed by atoms with Crippen LogP contribution >= 0.6 is 0 Å². The summed E-state index contributed by atoms with van der Waals surface area (Å²) in [6, 6.07) is 0.774. The molecule has 1 N–H and O–H groups in total. The van der Waals surface area contributed by atoms with Crippen molar-refractivity contribution in [1.29, 1.82) is 0 Å². The summed E-state index contributed by atoms with van der Waals surface area (Å²) in [5.41, 5.74) is -0.336. The van der Waals surface area contributed by atoms with Gasteiger partial charge in [-0.25, -0.2) is 0 Å². The van der Waals surface area contributed by atoms with Gasteiger partial charge in [-0.1, -0.05) is 0 Å². The first kappa shape index (κ1) is 20.7. The Morgan fingerprint density at radius 3 is 2.13 bits per heavy atom. The van der Waals surface area contributed by atoms with Crippen LogP contribution in [0.15, 0.2) is 0 Å². The molecular weight excluding hydrogens is 378 g/mol. The van der Waals surface area contributed by atoms with Gasteiger partial charge in [-0.3, -0.25) is 9.59 Å². The lowest BCUT2D eigenvalue weighted by molar-refractivity contribution is -0.171. The van der Waals surface area contributed by atoms with Crippen LogP contribution in [0.25, 0.3) is 0 Å². The molecule has 2 saturated carbocycles. The zero-order valence-corrected chi connectivity index (χ0v) is 18.6. The van der Waals surface area contributed by atoms with Gasteiger partial charge in [0.05, 0.1) is 18.6 Å². The lowest BCUT2D eigenvalue weighted by atomic mass is 9.68. The molecule has 3 unspecified atom stereocenters. The Kier molecular flexibility index (Phi) is 5.82. The standard InChI is InChI=1S/C24H39N3O3/c1-24(15-30-16-24)23(29)27-12-10-26(11-13-27)22(28)19-5-2-17(3-6-19)20-7-4-18-8-9-25-21(18)14-20/h17-21,25H,2-16H2,1H3. The second-order valence-electron chi connectivity index (χ2n) is 11.0. The van der Waals surface area contributed by atoms with Crippen molar-refractivity contribution in [2.24, 2.45) is 29.1 Å². The van der Waals surface area contributed by atoms with Crippen LogP contribution in [-0.4, -0.2) is 73.6 Å². The van der Waals surface area contributed by atoms with Crippen molar-refractivity contribution in [3.05, 3.63) is 0 Å². The molecule has 0 radical (unpaired) electrons. The number of ether oxygens (including phenoxy) is 1. The topological polar surface area (TPSA) is 61.9 Å². The minimum Gasteiger partial charge on any atom is -0.379 e. The van der Waals surface area contributed by atoms with Gasteiger partial charge in [0.15, 0.2) is 0 Å². The first-order valence-corrected chi connectivity index (χ1v) is 12.4. The predicted molar refractivity (Wildman–Crippen MR) is 115 cm³/mol. The van der Waals surface area contributed by atoms with E-state index >= 15 is 0 Å². The molecule has 0 aromatic rings. The summed E-state index contributed by atoms with van der Waals surface area (Å²) in [5.74, 6) is 3.40. The van der Waals surface area contributed by atoms with E-state index in [1.807, 2.05) is 16.7 Å². The normalized spacial score (nSPS) is 38.6. The molecule has 0 bridgehead atoms. The maximum Gasteiger partial charge on any atom is 0.233 e. The number of piperazine rings is 1. The largest absolute Gasteiger partial charge is 0.379 e. The number of nitrogens with one attached hydrogen (secondary N) is 1. The highest BCUT2D eigenvalue weighted by Gasteiger charge is 2.45. The minimum absolute atomic E-state index is 0.202. The number of fused-ring (bicyclic) bond motifs is 1. The zero-order chi connectivity index (χ0) is 20.7. The quantitative estimate of drug-likeness (QED) is 0.765. The average Bonchev–Trinajstić information content (AvgIpc) is 3.24. The molecule has 3 aliphatic heterocycles. The molecule has 2 aliphatic carbocycles. The summed E-state index contributed by atoms with van der Waals surface area (Å²) in [5, 5.41) is 3.73. The highest BCUT2D eigenvalue weighted by molar-refractivity contribution is 5.84. The smallest absolute Gasteiger partial charge is 0.233 e. The Labute approximate surface area is 181 Å². The van der Waals surface area contributed by atoms with Crippen molar-refractivity contribution in [3.63, 3.8) is 0 Å². The molecule has 6 nitrogen and oxygen atoms in total. The molecule has 5 aliphatic rings. The number of nitrogens with zero attached hydrogens (tertiary/aromatic N) is 2. The predicted octanol–water partition coefficient (Wildman–Crippen LogP) is 2.28. The maximum absolute atomic E-state index is 13.1. The monoisotopic (exact) mass is 417 g/mol. The van der Waals surface area contributed by atoms with Crippen molar-refractivity contribution in [1.82, 2.24) is 15.1 Å². The van der Waals surface area contributed by atoms with Crippen LogP contribution < -0.4 is 5.32 Å². The second kappa shape index (κ2) is 8.42. The highest BCUT2D eigenvalue weighted by Crippen LogP contribution is 2.43. The summed E-state index contributed by atoms with van der Waals surface area (Å²) in [6.45, 7) is 7.01. The Morgan fingerprint density at radius 1 is 0.833 bits per heavy atom. The van der Waals surface area contributed by atoms with E-state index < -0.39 is 0 Å². The zero-order valence-electron chi connectivity index (χ0n) is 18.6. The minimum atomic E-state index is -0.336. The fourth-order valence-electron chi connectivity index (χ4n) is 6.88. The van der Waals surface area contributed by atoms with E-state index in [1.54, 1.807) is 0 Å². The molecule has 30 heavy (non-hydrogen) atoms. The molecule has 5 rings (SSSR count). The van der Waals surface area contributed by atoms with E-state index in [-0.39, 0.29) is 17.2 Å². The second-order valence-corrected chi connectivity index (χ2v) is 11.0. The van der Waals surface area contributed by atoms with E-state index in [0.29, 0.717) is 45.3 Å². The van der Waals surface area contributed by atoms with Gasteiger partial charge in [0, 0.05) is 38.1 Å². The van der Waals surface area contributed by atoms with Crippen molar-refractivity contribution < 1.29 is 14.3 Å². The molecule has 2 amide bonds. The van der Waals surface area contributed by atoms with E-state index in [2.05, 4.69) is 5.32 Å². The molecule has 0 aromatic heterocycles. The lowest BCUT2D eigenvalue weighted by Gasteiger charge is -2.44. The summed E-state index contributed by atoms with van der Waals surface area (Å²) >= 11 is 0. The van der Waals surface area contributed by atoms with Gasteiger partial charge in [-0.05, 0) is 82.6 Å². The number of carbonyl (C=O) groups excluding carboxylic acids is 2. The van der Waals surface area contributed by atoms with E-state index in [9.17, 15) is 9.59 Å². The van der Waals surface area contributed by atoms with Crippen molar-refractivity contribution in [2.75, 3.05) is 45.9 Å². The van der Waals surface area contributed by atoms with E-state index in [0.717, 1.165) is 36.6 Å². The van der Waals surface area contributed by atoms with Crippen molar-refractivity contribution in [3.8, 4) is 0 Å². The van der Waals surface area contributed by atoms with Gasteiger partial charge in [-0.2, -0.15) is 0 Å². The number of hydrogen-bond donors (Lipinski definition) is 1. The summed E-state index contributed by atoms with van der Waals surface area (Å²) in [6.07, 6.45) is 10.2. The fourth-order valence-corrected chi connectivity index (χ4v) is 6.88. The fraction of sp³-hybridized carbons (Fsp3) is 0.917. The van der Waals surface area contributed by atoms with Crippen LogP contribution in [0.4, 0.5) is 0 Å². The molecule has 3 heterocycles. The van der Waals surface area contributed by atoms with Crippen LogP contribution in [-0.2, 0) is 14.3 Å². The van der Waals surface area contributed by atoms with Gasteiger partial charge in [-0.15, -0.1) is 0 Å². The van der Waals surface area contributed by atoms with Crippen LogP contribution in [0.3, 0.4) is 0 Å². The van der Waals surface area contributed by atoms with Crippen LogP contribution in [0.2, 0.25) is 0 Å². The molecule has 3 saturated heterocycles. The summed E-state index contributed by atoms with van der Waals surface area (Å²) < 4.78 is 5.25. The molecule has 5 fully saturated rings. The lowest BCUT2D eigenvalue weighted by Crippen LogP contribution is -2.59. The highest BCUT2D eigenvalue weighted by atomic mass is 16.5. The van der Waals surface area contributed by atoms with E-state index in [1.165, 1.54) is 45.1 Å². The average molecular weight is 418 g/mol. The Morgan fingerprint density at radius 2 is 1.47 bits per heavy atom. The maximum atomic E-state index is 13.1. The number of carbonyl (C=O) groups is 2. The summed E-state index contributed by atoms with van der Waals surface area (Å²) in [7, 11) is 0. The van der Waals surface area contributed by atoms with Crippen LogP contribution in [0.5, 0.6) is 0 Å². The molecule has 0 spiro atoms. The van der Waals surface area contributed by atoms with Gasteiger partial charge >= 0.3 is 0 Å². The van der Waals surface area contributed by atoms with Crippen molar-refractivity contribution >= 4 is 11.8 Å². The Hall–Kier alpha value is -1.14. The first-order chi connectivity index (χ1) is 14.5. The molecular formula is C24H39N3O3. The molecule has 6 heteroatoms. The first-order valence-electron chi connectivity index (χ1n) is 12.4. The SMILES string of the molecule is CC1(C(=O)N2CCN(C(=O)C3CCC(C4CCC5CCNC5C4)CC3)CC2)COC1. The van der Waals surface area contributed by atoms with Gasteiger partial charge in [0.25, 0.3) is 0 Å². The Balaban J connectivity index is 1.07. The molecule has 0 aromatic carbocycles. The van der Waals surface area contributed by atoms with Gasteiger partial charge < -0.3 is 19.9 Å². The third-order valence-corrected chi connectivity index (χ3v) is 8.98. The summed E-state index contributed by atoms with van der Waals surface area (Å²) in [4.78, 5) is 29.8. The third kappa shape index (κ3) is 3.90. The molecule has 168 valence electrons. The Bertz CT molecular complexity index is 648. The van der Waals surface area contributed by atoms with Gasteiger partial charge in [0.1, 0.15) is 0 Å². The number of rotatable bonds is 3.